The first kappa shape index (κ1) is 17.0. The Morgan fingerprint density at radius 1 is 1.29 bits per heavy atom. The molecule has 1 saturated heterocycles. The normalized spacial score (nSPS) is 18.6. The molecule has 24 heavy (non-hydrogen) atoms. The second-order valence-corrected chi connectivity index (χ2v) is 7.76. The Morgan fingerprint density at radius 3 is 2.71 bits per heavy atom. The Balaban J connectivity index is 1.87. The van der Waals surface area contributed by atoms with E-state index in [-0.39, 0.29) is 23.4 Å². The lowest BCUT2D eigenvalue weighted by atomic mass is 10.1. The third-order valence-corrected chi connectivity index (χ3v) is 6.06. The van der Waals surface area contributed by atoms with Crippen LogP contribution in [0.4, 0.5) is 0 Å². The van der Waals surface area contributed by atoms with Gasteiger partial charge >= 0.3 is 4.87 Å². The summed E-state index contributed by atoms with van der Waals surface area (Å²) >= 11 is 1.22. The van der Waals surface area contributed by atoms with Gasteiger partial charge < -0.3 is 9.47 Å². The number of hydrogen-bond donors (Lipinski definition) is 0. The van der Waals surface area contributed by atoms with Crippen molar-refractivity contribution >= 4 is 17.2 Å². The van der Waals surface area contributed by atoms with E-state index < -0.39 is 0 Å². The molecule has 3 rings (SSSR count). The fraction of sp³-hybridized carbons (Fsp3) is 0.556. The number of nitrogens with zero attached hydrogens (tertiary/aromatic N) is 3. The summed E-state index contributed by atoms with van der Waals surface area (Å²) in [5, 5.41) is 0. The monoisotopic (exact) mass is 347 g/mol. The van der Waals surface area contributed by atoms with Crippen LogP contribution in [0.25, 0.3) is 0 Å². The largest absolute Gasteiger partial charge is 0.353 e. The molecule has 6 heteroatoms. The van der Waals surface area contributed by atoms with Crippen LogP contribution < -0.4 is 4.87 Å². The zero-order valence-corrected chi connectivity index (χ0v) is 15.4. The van der Waals surface area contributed by atoms with E-state index in [0.717, 1.165) is 42.8 Å². The van der Waals surface area contributed by atoms with Gasteiger partial charge in [0.1, 0.15) is 6.54 Å². The molecule has 3 heterocycles. The maximum Gasteiger partial charge on any atom is 0.308 e. The third kappa shape index (κ3) is 3.20. The highest BCUT2D eigenvalue weighted by Crippen LogP contribution is 2.30. The summed E-state index contributed by atoms with van der Waals surface area (Å²) in [6.07, 6.45) is 6.33. The first-order chi connectivity index (χ1) is 11.5. The van der Waals surface area contributed by atoms with Gasteiger partial charge in [0.05, 0.1) is 6.04 Å². The summed E-state index contributed by atoms with van der Waals surface area (Å²) in [7, 11) is 2.03. The molecule has 2 aromatic heterocycles. The van der Waals surface area contributed by atoms with Gasteiger partial charge in [0.25, 0.3) is 0 Å². The first-order valence-electron chi connectivity index (χ1n) is 8.56. The number of aryl methyl sites for hydroxylation is 2. The molecule has 5 nitrogen and oxygen atoms in total. The maximum atomic E-state index is 13.0. The summed E-state index contributed by atoms with van der Waals surface area (Å²) in [6, 6.07) is 4.23. The highest BCUT2D eigenvalue weighted by atomic mass is 32.1. The molecular weight excluding hydrogens is 322 g/mol. The SMILES string of the molecule is Cc1sc(=O)n(CC(=O)N2CCCCC[C@H]2c2cccn2C)c1C. The molecule has 1 aliphatic rings. The zero-order valence-electron chi connectivity index (χ0n) is 14.6. The van der Waals surface area contributed by atoms with Gasteiger partial charge in [0, 0.05) is 36.1 Å². The standard InChI is InChI=1S/C18H25N3O2S/c1-13-14(2)24-18(23)21(13)12-17(22)20-11-6-4-5-8-16(20)15-9-7-10-19(15)3/h7,9-10,16H,4-6,8,11-12H2,1-3H3/t16-/m0/s1. The van der Waals surface area contributed by atoms with Crippen LogP contribution in [0.3, 0.4) is 0 Å². The highest BCUT2D eigenvalue weighted by molar-refractivity contribution is 7.09. The molecule has 0 bridgehead atoms. The highest BCUT2D eigenvalue weighted by Gasteiger charge is 2.28. The number of aromatic nitrogens is 2. The Morgan fingerprint density at radius 2 is 2.08 bits per heavy atom. The first-order valence-corrected chi connectivity index (χ1v) is 9.38. The fourth-order valence-corrected chi connectivity index (χ4v) is 4.36. The average molecular weight is 347 g/mol. The molecule has 1 amide bonds. The average Bonchev–Trinajstić information content (AvgIpc) is 2.95. The minimum absolute atomic E-state index is 0.0383. The van der Waals surface area contributed by atoms with Gasteiger partial charge in [0.2, 0.25) is 5.91 Å². The van der Waals surface area contributed by atoms with Gasteiger partial charge in [-0.05, 0) is 38.8 Å². The van der Waals surface area contributed by atoms with Crippen LogP contribution in [0.5, 0.6) is 0 Å². The maximum absolute atomic E-state index is 13.0. The van der Waals surface area contributed by atoms with E-state index in [0.29, 0.717) is 0 Å². The molecule has 0 radical (unpaired) electrons. The van der Waals surface area contributed by atoms with Crippen LogP contribution in [0.1, 0.15) is 48.0 Å². The van der Waals surface area contributed by atoms with Crippen LogP contribution in [0.15, 0.2) is 23.1 Å². The minimum Gasteiger partial charge on any atom is -0.353 e. The predicted molar refractivity (Wildman–Crippen MR) is 96.4 cm³/mol. The predicted octanol–water partition coefficient (Wildman–Crippen LogP) is 3.01. The molecule has 0 saturated carbocycles. The van der Waals surface area contributed by atoms with E-state index in [9.17, 15) is 9.59 Å². The van der Waals surface area contributed by atoms with Crippen LogP contribution in [-0.2, 0) is 18.4 Å². The summed E-state index contributed by atoms with van der Waals surface area (Å²) in [4.78, 5) is 28.1. The molecule has 130 valence electrons. The Bertz CT molecular complexity index is 787. The minimum atomic E-state index is -0.0383. The van der Waals surface area contributed by atoms with Crippen LogP contribution in [0, 0.1) is 13.8 Å². The smallest absolute Gasteiger partial charge is 0.308 e. The van der Waals surface area contributed by atoms with E-state index in [1.807, 2.05) is 38.1 Å². The van der Waals surface area contributed by atoms with Gasteiger partial charge in [-0.15, -0.1) is 0 Å². The van der Waals surface area contributed by atoms with Gasteiger partial charge in [-0.2, -0.15) is 0 Å². The lowest BCUT2D eigenvalue weighted by Crippen LogP contribution is -2.39. The summed E-state index contributed by atoms with van der Waals surface area (Å²) < 4.78 is 3.72. The molecular formula is C18H25N3O2S. The van der Waals surface area contributed by atoms with Gasteiger partial charge in [-0.25, -0.2) is 0 Å². The molecule has 0 N–H and O–H groups in total. The molecule has 1 aliphatic heterocycles. The lowest BCUT2D eigenvalue weighted by Gasteiger charge is -2.31. The van der Waals surface area contributed by atoms with Gasteiger partial charge in [-0.1, -0.05) is 24.2 Å². The third-order valence-electron chi connectivity index (χ3n) is 5.07. The fourth-order valence-electron chi connectivity index (χ4n) is 3.53. The van der Waals surface area contributed by atoms with E-state index in [1.165, 1.54) is 17.0 Å². The Labute approximate surface area is 146 Å². The second-order valence-electron chi connectivity index (χ2n) is 6.59. The molecule has 0 aromatic carbocycles. The van der Waals surface area contributed by atoms with Crippen molar-refractivity contribution in [3.63, 3.8) is 0 Å². The number of hydrogen-bond acceptors (Lipinski definition) is 3. The van der Waals surface area contributed by atoms with Crippen molar-refractivity contribution in [3.8, 4) is 0 Å². The Kier molecular flexibility index (Phi) is 4.94. The van der Waals surface area contributed by atoms with Crippen molar-refractivity contribution < 1.29 is 4.79 Å². The lowest BCUT2D eigenvalue weighted by molar-refractivity contribution is -0.134. The van der Waals surface area contributed by atoms with Crippen molar-refractivity contribution in [2.75, 3.05) is 6.54 Å². The topological polar surface area (TPSA) is 47.2 Å². The van der Waals surface area contributed by atoms with Crippen LogP contribution in [0.2, 0.25) is 0 Å². The van der Waals surface area contributed by atoms with Crippen LogP contribution in [-0.4, -0.2) is 26.5 Å². The van der Waals surface area contributed by atoms with E-state index in [1.54, 1.807) is 4.57 Å². The molecule has 0 aliphatic carbocycles. The van der Waals surface area contributed by atoms with E-state index >= 15 is 0 Å². The number of rotatable bonds is 3. The molecule has 2 aromatic rings. The van der Waals surface area contributed by atoms with E-state index in [4.69, 9.17) is 0 Å². The number of thiazole rings is 1. The second kappa shape index (κ2) is 6.97. The van der Waals surface area contributed by atoms with Crippen molar-refractivity contribution in [2.24, 2.45) is 7.05 Å². The van der Waals surface area contributed by atoms with Gasteiger partial charge in [-0.3, -0.25) is 14.2 Å². The molecule has 0 spiro atoms. The quantitative estimate of drug-likeness (QED) is 0.857. The van der Waals surface area contributed by atoms with Crippen molar-refractivity contribution in [3.05, 3.63) is 44.3 Å². The number of carbonyl (C=O) groups excluding carboxylic acids is 1. The van der Waals surface area contributed by atoms with Gasteiger partial charge in [0.15, 0.2) is 0 Å². The number of likely N-dealkylation sites (tertiary alicyclic amines) is 1. The summed E-state index contributed by atoms with van der Waals surface area (Å²) in [5.74, 6) is 0.0473. The molecule has 1 atom stereocenters. The van der Waals surface area contributed by atoms with Crippen molar-refractivity contribution in [1.82, 2.24) is 14.0 Å². The molecule has 0 unspecified atom stereocenters. The summed E-state index contributed by atoms with van der Waals surface area (Å²) in [6.45, 7) is 4.76. The number of carbonyl (C=O) groups is 1. The Hall–Kier alpha value is -1.82. The molecule has 1 fully saturated rings. The zero-order chi connectivity index (χ0) is 17.3. The number of amides is 1. The van der Waals surface area contributed by atoms with Crippen molar-refractivity contribution in [1.29, 1.82) is 0 Å². The van der Waals surface area contributed by atoms with Crippen LogP contribution >= 0.6 is 11.3 Å². The van der Waals surface area contributed by atoms with E-state index in [2.05, 4.69) is 10.6 Å². The van der Waals surface area contributed by atoms with Crippen molar-refractivity contribution in [2.45, 2.75) is 52.1 Å². The summed E-state index contributed by atoms with van der Waals surface area (Å²) in [5.41, 5.74) is 2.08.